The summed E-state index contributed by atoms with van der Waals surface area (Å²) in [7, 11) is 0. The summed E-state index contributed by atoms with van der Waals surface area (Å²) in [6.07, 6.45) is 14.2. The van der Waals surface area contributed by atoms with Crippen molar-refractivity contribution in [2.24, 2.45) is 39.9 Å². The second-order valence-corrected chi connectivity index (χ2v) is 20.5. The number of esters is 4. The van der Waals surface area contributed by atoms with Gasteiger partial charge in [-0.2, -0.15) is 0 Å². The molecule has 0 radical (unpaired) electrons. The number of ether oxygens (including phenoxy) is 4. The van der Waals surface area contributed by atoms with Crippen molar-refractivity contribution in [3.63, 3.8) is 0 Å². The van der Waals surface area contributed by atoms with Crippen molar-refractivity contribution >= 4 is 23.9 Å². The second kappa shape index (κ2) is 15.3. The van der Waals surface area contributed by atoms with Gasteiger partial charge in [-0.1, -0.05) is 34.1 Å². The average molecular weight is 761 g/mol. The minimum atomic E-state index is -0.842. The summed E-state index contributed by atoms with van der Waals surface area (Å²) in [5, 5.41) is 21.3. The first-order chi connectivity index (χ1) is 25.0. The number of aliphatic hydroxyl groups is 2. The Hall–Kier alpha value is -2.20. The van der Waals surface area contributed by atoms with E-state index < -0.39 is 27.6 Å². The van der Waals surface area contributed by atoms with Gasteiger partial charge >= 0.3 is 23.9 Å². The maximum atomic E-state index is 12.4. The van der Waals surface area contributed by atoms with Crippen molar-refractivity contribution in [3.8, 4) is 0 Å². The first-order valence-electron chi connectivity index (χ1n) is 21.3. The molecule has 1 saturated heterocycles. The number of fused-ring (bicyclic) bond motifs is 1. The van der Waals surface area contributed by atoms with Crippen LogP contribution < -0.4 is 0 Å². The normalized spacial score (nSPS) is 37.0. The van der Waals surface area contributed by atoms with Crippen molar-refractivity contribution in [1.82, 2.24) is 0 Å². The van der Waals surface area contributed by atoms with Gasteiger partial charge in [-0.3, -0.25) is 19.2 Å². The molecule has 8 rings (SSSR count). The topological polar surface area (TPSA) is 146 Å². The fraction of sp³-hybridized carbons (Fsp3) is 0.909. The molecule has 54 heavy (non-hydrogen) atoms. The first-order valence-corrected chi connectivity index (χ1v) is 21.3. The van der Waals surface area contributed by atoms with E-state index in [0.717, 1.165) is 70.6 Å². The molecule has 7 aliphatic carbocycles. The Morgan fingerprint density at radius 3 is 1.74 bits per heavy atom. The Morgan fingerprint density at radius 2 is 1.24 bits per heavy atom. The molecule has 0 aromatic rings. The summed E-state index contributed by atoms with van der Waals surface area (Å²) in [6.45, 7) is 19.6. The average Bonchev–Trinajstić information content (AvgIpc) is 3.73. The molecular weight excluding hydrogens is 688 g/mol. The number of rotatable bonds is 10. The van der Waals surface area contributed by atoms with Gasteiger partial charge in [0.1, 0.15) is 23.4 Å². The standard InChI is InChI=1S/C16H26O4.C14H20O4.C14H26O2/c1-4-13(2,3)12(17)20-16-7-11-5-14(18,9-16)8-15(19,6-11)10-16;1-4-14(2,3)13(16)18-10-7-5-8-9(6-7)12(15)17-11(8)10;1-5-13(3,4)12(15)16-14(6-2)10-8-7-9-11-14/h11,18-19H,4-10H2,1-3H3;7-11H,4-6H2,1-3H3;5-11H2,1-4H3. The molecule has 8 fully saturated rings. The molecule has 308 valence electrons. The lowest BCUT2D eigenvalue weighted by molar-refractivity contribution is -0.264. The highest BCUT2D eigenvalue weighted by atomic mass is 16.6. The number of carbonyl (C=O) groups excluding carboxylic acids is 4. The lowest BCUT2D eigenvalue weighted by Gasteiger charge is -2.62. The number of hydrogen-bond acceptors (Lipinski definition) is 10. The molecule has 0 aromatic heterocycles. The van der Waals surface area contributed by atoms with E-state index in [9.17, 15) is 29.4 Å². The van der Waals surface area contributed by atoms with Crippen LogP contribution >= 0.6 is 0 Å². The predicted octanol–water partition coefficient (Wildman–Crippen LogP) is 8.16. The molecule has 1 heterocycles. The predicted molar refractivity (Wildman–Crippen MR) is 204 cm³/mol. The van der Waals surface area contributed by atoms with E-state index in [0.29, 0.717) is 31.1 Å². The van der Waals surface area contributed by atoms with Gasteiger partial charge in [-0.05, 0) is 131 Å². The Balaban J connectivity index is 0.000000157. The lowest BCUT2D eigenvalue weighted by atomic mass is 9.50. The van der Waals surface area contributed by atoms with Crippen molar-refractivity contribution in [1.29, 1.82) is 0 Å². The van der Waals surface area contributed by atoms with Crippen molar-refractivity contribution in [2.75, 3.05) is 0 Å². The van der Waals surface area contributed by atoms with Gasteiger partial charge in [0.15, 0.2) is 0 Å². The van der Waals surface area contributed by atoms with Gasteiger partial charge in [0.2, 0.25) is 0 Å². The molecule has 7 atom stereocenters. The zero-order chi connectivity index (χ0) is 40.1. The summed E-state index contributed by atoms with van der Waals surface area (Å²) < 4.78 is 22.8. The molecule has 10 nitrogen and oxygen atoms in total. The molecule has 0 amide bonds. The SMILES string of the molecule is CCC(C)(C)C(=O)OC12CC3CC(O)(CC(O)(C3)C1)C2.CCC(C)(C)C(=O)OC1C2CC3C(=O)OC1C3C2.CCC1(OC(=O)C(C)(C)CC)CCCCC1. The molecule has 8 aliphatic rings. The smallest absolute Gasteiger partial charge is 0.312 e. The molecule has 2 N–H and O–H groups in total. The highest BCUT2D eigenvalue weighted by Gasteiger charge is 2.65. The van der Waals surface area contributed by atoms with E-state index in [2.05, 4.69) is 6.92 Å². The van der Waals surface area contributed by atoms with Crippen LogP contribution in [0, 0.1) is 39.9 Å². The third-order valence-electron chi connectivity index (χ3n) is 15.0. The summed E-state index contributed by atoms with van der Waals surface area (Å²) in [4.78, 5) is 48.2. The zero-order valence-corrected chi connectivity index (χ0v) is 35.1. The summed E-state index contributed by atoms with van der Waals surface area (Å²) in [5.41, 5.74) is -3.78. The van der Waals surface area contributed by atoms with E-state index in [1.807, 2.05) is 62.3 Å². The van der Waals surface area contributed by atoms with Gasteiger partial charge in [0, 0.05) is 31.1 Å². The van der Waals surface area contributed by atoms with Crippen LogP contribution in [0.5, 0.6) is 0 Å². The quantitative estimate of drug-likeness (QED) is 0.165. The summed E-state index contributed by atoms with van der Waals surface area (Å²) in [5.74, 6) is 0.516. The Labute approximate surface area is 324 Å². The van der Waals surface area contributed by atoms with Crippen LogP contribution in [0.2, 0.25) is 0 Å². The fourth-order valence-corrected chi connectivity index (χ4v) is 10.5. The molecule has 1 aliphatic heterocycles. The molecule has 0 spiro atoms. The first kappa shape index (κ1) is 42.9. The highest BCUT2D eigenvalue weighted by Crippen LogP contribution is 2.61. The Kier molecular flexibility index (Phi) is 12.1. The molecular formula is C44H72O10. The molecule has 0 aromatic carbocycles. The number of hydrogen-bond donors (Lipinski definition) is 2. The van der Waals surface area contributed by atoms with E-state index >= 15 is 0 Å². The van der Waals surface area contributed by atoms with Crippen molar-refractivity contribution in [2.45, 2.75) is 213 Å². The molecule has 6 bridgehead atoms. The van der Waals surface area contributed by atoms with Gasteiger partial charge in [-0.15, -0.1) is 0 Å². The molecule has 7 unspecified atom stereocenters. The van der Waals surface area contributed by atoms with E-state index in [-0.39, 0.29) is 58.9 Å². The molecule has 10 heteroatoms. The van der Waals surface area contributed by atoms with Crippen LogP contribution in [0.15, 0.2) is 0 Å². The van der Waals surface area contributed by atoms with E-state index in [1.54, 1.807) is 0 Å². The second-order valence-electron chi connectivity index (χ2n) is 20.5. The van der Waals surface area contributed by atoms with Crippen LogP contribution in [0.25, 0.3) is 0 Å². The summed E-state index contributed by atoms with van der Waals surface area (Å²) >= 11 is 0. The van der Waals surface area contributed by atoms with E-state index in [4.69, 9.17) is 18.9 Å². The highest BCUT2D eigenvalue weighted by molar-refractivity contribution is 5.79. The van der Waals surface area contributed by atoms with Crippen LogP contribution in [0.1, 0.15) is 178 Å². The minimum absolute atomic E-state index is 0.0150. The van der Waals surface area contributed by atoms with Crippen molar-refractivity contribution in [3.05, 3.63) is 0 Å². The van der Waals surface area contributed by atoms with Gasteiger partial charge < -0.3 is 29.2 Å². The van der Waals surface area contributed by atoms with Gasteiger partial charge in [0.25, 0.3) is 0 Å². The third kappa shape index (κ3) is 8.69. The van der Waals surface area contributed by atoms with Crippen LogP contribution in [-0.2, 0) is 38.1 Å². The minimum Gasteiger partial charge on any atom is -0.459 e. The third-order valence-corrected chi connectivity index (χ3v) is 15.0. The van der Waals surface area contributed by atoms with Gasteiger partial charge in [0.05, 0.1) is 33.4 Å². The largest absolute Gasteiger partial charge is 0.459 e. The monoisotopic (exact) mass is 761 g/mol. The fourth-order valence-electron chi connectivity index (χ4n) is 10.5. The Bertz CT molecular complexity index is 1390. The van der Waals surface area contributed by atoms with Crippen molar-refractivity contribution < 1.29 is 48.3 Å². The van der Waals surface area contributed by atoms with Gasteiger partial charge in [-0.25, -0.2) is 0 Å². The molecule has 7 saturated carbocycles. The van der Waals surface area contributed by atoms with E-state index in [1.165, 1.54) is 19.3 Å². The maximum absolute atomic E-state index is 12.4. The lowest BCUT2D eigenvalue weighted by Crippen LogP contribution is -2.67. The number of carbonyl (C=O) groups is 4. The van der Waals surface area contributed by atoms with Crippen LogP contribution in [0.3, 0.4) is 0 Å². The summed E-state index contributed by atoms with van der Waals surface area (Å²) in [6, 6.07) is 0. The van der Waals surface area contributed by atoms with Crippen LogP contribution in [-0.4, -0.2) is 68.7 Å². The zero-order valence-electron chi connectivity index (χ0n) is 35.1. The van der Waals surface area contributed by atoms with Crippen LogP contribution in [0.4, 0.5) is 0 Å². The Morgan fingerprint density at radius 1 is 0.722 bits per heavy atom. The maximum Gasteiger partial charge on any atom is 0.312 e.